The molecule has 3 fully saturated rings. The van der Waals surface area contributed by atoms with Gasteiger partial charge in [0, 0.05) is 18.3 Å². The molecule has 9 nitrogen and oxygen atoms in total. The van der Waals surface area contributed by atoms with E-state index in [2.05, 4.69) is 0 Å². The highest BCUT2D eigenvalue weighted by molar-refractivity contribution is 5.83. The van der Waals surface area contributed by atoms with E-state index in [0.717, 1.165) is 0 Å². The van der Waals surface area contributed by atoms with Crippen LogP contribution in [0.25, 0.3) is 0 Å². The molecule has 3 aliphatic rings. The SMILES string of the molecule is C[C@@H](/C=C/[C@]1(O)C2(C)COC1(C)CC(=O)C2)O[C@@H]1O[C@H](CO)[C@@H](O)[C@@H](O)[C@H]1O. The molecule has 9 heteroatoms. The van der Waals surface area contributed by atoms with Crippen molar-refractivity contribution in [3.63, 3.8) is 0 Å². The maximum Gasteiger partial charge on any atom is 0.187 e. The molecule has 160 valence electrons. The zero-order valence-electron chi connectivity index (χ0n) is 16.3. The molecule has 0 spiro atoms. The number of aliphatic hydroxyl groups excluding tert-OH is 4. The highest BCUT2D eigenvalue weighted by atomic mass is 16.7. The lowest BCUT2D eigenvalue weighted by atomic mass is 9.59. The summed E-state index contributed by atoms with van der Waals surface area (Å²) in [6.07, 6.45) is -3.97. The number of hydrogen-bond acceptors (Lipinski definition) is 9. The number of fused-ring (bicyclic) bond motifs is 2. The molecule has 0 aromatic heterocycles. The molecular formula is C19H30O9. The Balaban J connectivity index is 1.72. The van der Waals surface area contributed by atoms with Crippen LogP contribution in [0.1, 0.15) is 33.6 Å². The minimum Gasteiger partial charge on any atom is -0.394 e. The second kappa shape index (κ2) is 7.41. The predicted molar refractivity (Wildman–Crippen MR) is 95.1 cm³/mol. The summed E-state index contributed by atoms with van der Waals surface area (Å²) in [6, 6.07) is 0. The Morgan fingerprint density at radius 3 is 2.50 bits per heavy atom. The number of hydrogen-bond donors (Lipinski definition) is 5. The minimum absolute atomic E-state index is 0.0474. The van der Waals surface area contributed by atoms with E-state index in [1.807, 2.05) is 6.92 Å². The molecule has 28 heavy (non-hydrogen) atoms. The first-order valence-electron chi connectivity index (χ1n) is 9.50. The molecule has 0 radical (unpaired) electrons. The van der Waals surface area contributed by atoms with Crippen molar-refractivity contribution in [1.82, 2.24) is 0 Å². The van der Waals surface area contributed by atoms with Gasteiger partial charge in [0.15, 0.2) is 6.29 Å². The summed E-state index contributed by atoms with van der Waals surface area (Å²) in [5.74, 6) is 0.0474. The Bertz CT molecular complexity index is 613. The summed E-state index contributed by atoms with van der Waals surface area (Å²) in [7, 11) is 0. The van der Waals surface area contributed by atoms with Crippen LogP contribution >= 0.6 is 0 Å². The van der Waals surface area contributed by atoms with Gasteiger partial charge in [0.25, 0.3) is 0 Å². The summed E-state index contributed by atoms with van der Waals surface area (Å²) >= 11 is 0. The second-order valence-electron chi connectivity index (χ2n) is 8.64. The topological polar surface area (TPSA) is 146 Å². The molecule has 9 atom stereocenters. The maximum atomic E-state index is 12.0. The Morgan fingerprint density at radius 1 is 1.21 bits per heavy atom. The van der Waals surface area contributed by atoms with E-state index in [1.54, 1.807) is 26.0 Å². The van der Waals surface area contributed by atoms with Gasteiger partial charge in [-0.25, -0.2) is 0 Å². The third-order valence-electron chi connectivity index (χ3n) is 6.36. The monoisotopic (exact) mass is 402 g/mol. The molecule has 2 saturated heterocycles. The van der Waals surface area contributed by atoms with Gasteiger partial charge in [0.1, 0.15) is 41.4 Å². The lowest BCUT2D eigenvalue weighted by molar-refractivity contribution is -0.306. The molecule has 0 aromatic carbocycles. The van der Waals surface area contributed by atoms with Crippen molar-refractivity contribution in [2.45, 2.75) is 81.6 Å². The van der Waals surface area contributed by atoms with Crippen LogP contribution in [0.4, 0.5) is 0 Å². The lowest BCUT2D eigenvalue weighted by Crippen LogP contribution is -2.60. The van der Waals surface area contributed by atoms with Crippen molar-refractivity contribution in [3.8, 4) is 0 Å². The zero-order chi connectivity index (χ0) is 20.9. The van der Waals surface area contributed by atoms with Crippen LogP contribution in [0.3, 0.4) is 0 Å². The Kier molecular flexibility index (Phi) is 5.76. The van der Waals surface area contributed by atoms with Crippen molar-refractivity contribution in [2.24, 2.45) is 5.41 Å². The first-order chi connectivity index (χ1) is 13.0. The molecule has 1 aliphatic carbocycles. The third kappa shape index (κ3) is 3.33. The van der Waals surface area contributed by atoms with Gasteiger partial charge in [-0.3, -0.25) is 4.79 Å². The number of ketones is 1. The number of carbonyl (C=O) groups is 1. The van der Waals surface area contributed by atoms with Gasteiger partial charge >= 0.3 is 0 Å². The Hall–Kier alpha value is -0.910. The number of carbonyl (C=O) groups excluding carboxylic acids is 1. The summed E-state index contributed by atoms with van der Waals surface area (Å²) in [5, 5.41) is 50.4. The highest BCUT2D eigenvalue weighted by Gasteiger charge is 2.67. The second-order valence-corrected chi connectivity index (χ2v) is 8.64. The van der Waals surface area contributed by atoms with Crippen LogP contribution in [0.5, 0.6) is 0 Å². The lowest BCUT2D eigenvalue weighted by Gasteiger charge is -2.47. The van der Waals surface area contributed by atoms with E-state index in [4.69, 9.17) is 14.2 Å². The van der Waals surface area contributed by atoms with E-state index in [9.17, 15) is 30.3 Å². The van der Waals surface area contributed by atoms with Gasteiger partial charge in [0.05, 0.1) is 19.3 Å². The minimum atomic E-state index is -1.53. The number of aliphatic hydroxyl groups is 5. The average molecular weight is 402 g/mol. The van der Waals surface area contributed by atoms with Crippen molar-refractivity contribution < 1.29 is 44.5 Å². The average Bonchev–Trinajstić information content (AvgIpc) is 2.73. The van der Waals surface area contributed by atoms with E-state index < -0.39 is 60.0 Å². The highest BCUT2D eigenvalue weighted by Crippen LogP contribution is 2.56. The fourth-order valence-corrected chi connectivity index (χ4v) is 4.51. The largest absolute Gasteiger partial charge is 0.394 e. The third-order valence-corrected chi connectivity index (χ3v) is 6.36. The quantitative estimate of drug-likeness (QED) is 0.352. The van der Waals surface area contributed by atoms with Crippen molar-refractivity contribution in [3.05, 3.63) is 12.2 Å². The fourth-order valence-electron chi connectivity index (χ4n) is 4.51. The molecule has 2 aliphatic heterocycles. The molecule has 5 N–H and O–H groups in total. The van der Waals surface area contributed by atoms with Crippen molar-refractivity contribution >= 4 is 5.78 Å². The molecule has 2 heterocycles. The van der Waals surface area contributed by atoms with Crippen LogP contribution in [0, 0.1) is 5.41 Å². The zero-order valence-corrected chi connectivity index (χ0v) is 16.3. The van der Waals surface area contributed by atoms with Crippen LogP contribution < -0.4 is 0 Å². The number of ether oxygens (including phenoxy) is 3. The molecule has 0 amide bonds. The molecule has 0 aromatic rings. The summed E-state index contributed by atoms with van der Waals surface area (Å²) < 4.78 is 16.7. The predicted octanol–water partition coefficient (Wildman–Crippen LogP) is -1.36. The van der Waals surface area contributed by atoms with Gasteiger partial charge in [0.2, 0.25) is 0 Å². The van der Waals surface area contributed by atoms with Gasteiger partial charge in [-0.15, -0.1) is 0 Å². The Labute approximate surface area is 163 Å². The van der Waals surface area contributed by atoms with E-state index in [0.29, 0.717) is 0 Å². The maximum absolute atomic E-state index is 12.0. The number of Topliss-reactive ketones (excluding diaryl/α,β-unsaturated/α-hetero) is 1. The molecular weight excluding hydrogens is 372 g/mol. The molecule has 2 bridgehead atoms. The van der Waals surface area contributed by atoms with Crippen LogP contribution in [-0.2, 0) is 19.0 Å². The summed E-state index contributed by atoms with van der Waals surface area (Å²) in [4.78, 5) is 12.0. The van der Waals surface area contributed by atoms with E-state index in [-0.39, 0.29) is 25.2 Å². The molecule has 3 rings (SSSR count). The smallest absolute Gasteiger partial charge is 0.187 e. The van der Waals surface area contributed by atoms with E-state index in [1.165, 1.54) is 0 Å². The van der Waals surface area contributed by atoms with E-state index >= 15 is 0 Å². The van der Waals surface area contributed by atoms with Crippen LogP contribution in [0.2, 0.25) is 0 Å². The van der Waals surface area contributed by atoms with Crippen LogP contribution in [0.15, 0.2) is 12.2 Å². The van der Waals surface area contributed by atoms with Crippen LogP contribution in [-0.4, -0.2) is 92.5 Å². The molecule has 2 unspecified atom stereocenters. The van der Waals surface area contributed by atoms with Crippen molar-refractivity contribution in [2.75, 3.05) is 13.2 Å². The molecule has 1 saturated carbocycles. The van der Waals surface area contributed by atoms with Gasteiger partial charge < -0.3 is 39.7 Å². The first kappa shape index (κ1) is 21.8. The summed E-state index contributed by atoms with van der Waals surface area (Å²) in [5.41, 5.74) is -3.16. The van der Waals surface area contributed by atoms with Gasteiger partial charge in [-0.2, -0.15) is 0 Å². The normalized spacial score (nSPS) is 50.3. The van der Waals surface area contributed by atoms with Gasteiger partial charge in [-0.05, 0) is 13.8 Å². The number of rotatable bonds is 5. The standard InChI is InChI=1S/C19H30O9/c1-10(27-16-15(24)14(23)13(22)12(8-20)28-16)4-5-19(25)17(2)6-11(21)7-18(19,3)26-9-17/h4-5,10,12-16,20,22-25H,6-9H2,1-3H3/b5-4+/t10-,12+,13+,14+,15+,16+,17?,18?,19-/m0/s1. The first-order valence-corrected chi connectivity index (χ1v) is 9.50. The van der Waals surface area contributed by atoms with Crippen molar-refractivity contribution in [1.29, 1.82) is 0 Å². The summed E-state index contributed by atoms with van der Waals surface area (Å²) in [6.45, 7) is 4.89. The fraction of sp³-hybridized carbons (Fsp3) is 0.842. The van der Waals surface area contributed by atoms with Gasteiger partial charge in [-0.1, -0.05) is 19.1 Å². The Morgan fingerprint density at radius 2 is 1.89 bits per heavy atom.